The molecule has 0 bridgehead atoms. The summed E-state index contributed by atoms with van der Waals surface area (Å²) >= 11 is 3.55. The number of aliphatic hydroxyl groups is 1. The standard InChI is InChI=1S/C18H21BrN2O/c1-20-12-17(22)18(14-5-3-2-4-6-14)21-10-9-13-7-8-15(19)11-16(13)21/h2-3,5,7-11,17-18,20,22H,4,6,12H2,1H3/t17?,18-/m0/s1. The Morgan fingerprint density at radius 2 is 2.23 bits per heavy atom. The summed E-state index contributed by atoms with van der Waals surface area (Å²) in [5.74, 6) is 0. The van der Waals surface area contributed by atoms with Gasteiger partial charge in [0.1, 0.15) is 0 Å². The zero-order chi connectivity index (χ0) is 15.5. The van der Waals surface area contributed by atoms with Gasteiger partial charge < -0.3 is 15.0 Å². The van der Waals surface area contributed by atoms with Crippen molar-refractivity contribution in [3.63, 3.8) is 0 Å². The van der Waals surface area contributed by atoms with Gasteiger partial charge >= 0.3 is 0 Å². The van der Waals surface area contributed by atoms with Crippen molar-refractivity contribution >= 4 is 26.8 Å². The molecule has 4 heteroatoms. The molecule has 1 aromatic heterocycles. The number of allylic oxidation sites excluding steroid dienone is 3. The molecule has 1 heterocycles. The maximum absolute atomic E-state index is 10.7. The molecule has 0 aliphatic heterocycles. The molecule has 3 rings (SSSR count). The molecule has 3 nitrogen and oxygen atoms in total. The number of halogens is 1. The topological polar surface area (TPSA) is 37.2 Å². The Bertz CT molecular complexity index is 717. The maximum atomic E-state index is 10.7. The van der Waals surface area contributed by atoms with Gasteiger partial charge in [-0.3, -0.25) is 0 Å². The Morgan fingerprint density at radius 3 is 2.95 bits per heavy atom. The smallest absolute Gasteiger partial charge is 0.0909 e. The van der Waals surface area contributed by atoms with Crippen LogP contribution < -0.4 is 5.32 Å². The van der Waals surface area contributed by atoms with E-state index in [2.05, 4.69) is 68.4 Å². The van der Waals surface area contributed by atoms with Gasteiger partial charge in [-0.15, -0.1) is 0 Å². The molecule has 0 fully saturated rings. The van der Waals surface area contributed by atoms with Gasteiger partial charge in [-0.25, -0.2) is 0 Å². The van der Waals surface area contributed by atoms with Crippen LogP contribution in [0.2, 0.25) is 0 Å². The van der Waals surface area contributed by atoms with Crippen LogP contribution in [0, 0.1) is 0 Å². The summed E-state index contributed by atoms with van der Waals surface area (Å²) < 4.78 is 3.26. The average molecular weight is 361 g/mol. The maximum Gasteiger partial charge on any atom is 0.0909 e. The van der Waals surface area contributed by atoms with E-state index in [1.165, 1.54) is 11.0 Å². The summed E-state index contributed by atoms with van der Waals surface area (Å²) in [6.45, 7) is 0.569. The van der Waals surface area contributed by atoms with E-state index in [0.717, 1.165) is 22.8 Å². The van der Waals surface area contributed by atoms with Crippen molar-refractivity contribution in [2.45, 2.75) is 25.0 Å². The Morgan fingerprint density at radius 1 is 1.36 bits per heavy atom. The number of aliphatic hydroxyl groups excluding tert-OH is 1. The van der Waals surface area contributed by atoms with Gasteiger partial charge in [-0.2, -0.15) is 0 Å². The highest BCUT2D eigenvalue weighted by Crippen LogP contribution is 2.32. The molecule has 0 radical (unpaired) electrons. The first kappa shape index (κ1) is 15.5. The van der Waals surface area contributed by atoms with Crippen molar-refractivity contribution < 1.29 is 5.11 Å². The minimum atomic E-state index is -0.461. The summed E-state index contributed by atoms with van der Waals surface area (Å²) in [6, 6.07) is 8.35. The number of hydrogen-bond donors (Lipinski definition) is 2. The largest absolute Gasteiger partial charge is 0.389 e. The highest BCUT2D eigenvalue weighted by molar-refractivity contribution is 9.10. The van der Waals surface area contributed by atoms with Gasteiger partial charge in [-0.1, -0.05) is 40.2 Å². The number of likely N-dealkylation sites (N-methyl/N-ethyl adjacent to an activating group) is 1. The SMILES string of the molecule is CNCC(O)[C@H](C1=CC=CCC1)n1ccc2ccc(Br)cc21. The van der Waals surface area contributed by atoms with E-state index in [0.29, 0.717) is 6.54 Å². The summed E-state index contributed by atoms with van der Waals surface area (Å²) in [5.41, 5.74) is 2.42. The lowest BCUT2D eigenvalue weighted by Gasteiger charge is -2.29. The molecule has 2 atom stereocenters. The first-order valence-electron chi connectivity index (χ1n) is 7.65. The van der Waals surface area contributed by atoms with E-state index in [4.69, 9.17) is 0 Å². The van der Waals surface area contributed by atoms with Gasteiger partial charge in [0.15, 0.2) is 0 Å². The predicted octanol–water partition coefficient (Wildman–Crippen LogP) is 3.80. The van der Waals surface area contributed by atoms with Crippen molar-refractivity contribution in [2.24, 2.45) is 0 Å². The monoisotopic (exact) mass is 360 g/mol. The Labute approximate surface area is 139 Å². The van der Waals surface area contributed by atoms with Gasteiger partial charge in [-0.05, 0) is 49.0 Å². The van der Waals surface area contributed by atoms with E-state index in [1.54, 1.807) is 0 Å². The molecule has 1 unspecified atom stereocenters. The van der Waals surface area contributed by atoms with Gasteiger partial charge in [0.05, 0.1) is 12.1 Å². The van der Waals surface area contributed by atoms with Gasteiger partial charge in [0.2, 0.25) is 0 Å². The third-order valence-corrected chi connectivity index (χ3v) is 4.68. The molecular weight excluding hydrogens is 340 g/mol. The van der Waals surface area contributed by atoms with Crippen molar-refractivity contribution in [3.05, 3.63) is 58.7 Å². The Hall–Kier alpha value is -1.36. The number of nitrogens with one attached hydrogen (secondary N) is 1. The second-order valence-electron chi connectivity index (χ2n) is 5.70. The summed E-state index contributed by atoms with van der Waals surface area (Å²) in [4.78, 5) is 0. The fraction of sp³-hybridized carbons (Fsp3) is 0.333. The van der Waals surface area contributed by atoms with E-state index >= 15 is 0 Å². The number of fused-ring (bicyclic) bond motifs is 1. The molecule has 0 spiro atoms. The van der Waals surface area contributed by atoms with Crippen LogP contribution in [0.3, 0.4) is 0 Å². The van der Waals surface area contributed by atoms with Crippen LogP contribution in [0.5, 0.6) is 0 Å². The van der Waals surface area contributed by atoms with E-state index in [1.807, 2.05) is 13.1 Å². The highest BCUT2D eigenvalue weighted by atomic mass is 79.9. The number of benzene rings is 1. The van der Waals surface area contributed by atoms with E-state index in [9.17, 15) is 5.11 Å². The first-order valence-corrected chi connectivity index (χ1v) is 8.44. The Kier molecular flexibility index (Phi) is 4.81. The summed E-state index contributed by atoms with van der Waals surface area (Å²) in [6.07, 6.45) is 10.1. The number of aromatic nitrogens is 1. The highest BCUT2D eigenvalue weighted by Gasteiger charge is 2.25. The Balaban J connectivity index is 2.08. The lowest BCUT2D eigenvalue weighted by molar-refractivity contribution is 0.129. The zero-order valence-electron chi connectivity index (χ0n) is 12.7. The summed E-state index contributed by atoms with van der Waals surface area (Å²) in [5, 5.41) is 15.0. The lowest BCUT2D eigenvalue weighted by Crippen LogP contribution is -2.34. The average Bonchev–Trinajstić information content (AvgIpc) is 2.92. The van der Waals surface area contributed by atoms with E-state index in [-0.39, 0.29) is 6.04 Å². The van der Waals surface area contributed by atoms with Gasteiger partial charge in [0, 0.05) is 22.7 Å². The van der Waals surface area contributed by atoms with Crippen molar-refractivity contribution in [1.29, 1.82) is 0 Å². The molecule has 22 heavy (non-hydrogen) atoms. The second kappa shape index (κ2) is 6.82. The molecule has 2 N–H and O–H groups in total. The minimum Gasteiger partial charge on any atom is -0.389 e. The van der Waals surface area contributed by atoms with Crippen LogP contribution in [-0.2, 0) is 0 Å². The van der Waals surface area contributed by atoms with Crippen LogP contribution in [0.15, 0.2) is 58.7 Å². The normalized spacial score (nSPS) is 17.5. The third-order valence-electron chi connectivity index (χ3n) is 4.19. The predicted molar refractivity (Wildman–Crippen MR) is 95.1 cm³/mol. The van der Waals surface area contributed by atoms with E-state index < -0.39 is 6.10 Å². The zero-order valence-corrected chi connectivity index (χ0v) is 14.3. The van der Waals surface area contributed by atoms with Crippen LogP contribution >= 0.6 is 15.9 Å². The van der Waals surface area contributed by atoms with Gasteiger partial charge in [0.25, 0.3) is 0 Å². The molecular formula is C18H21BrN2O. The summed E-state index contributed by atoms with van der Waals surface area (Å²) in [7, 11) is 1.87. The molecule has 1 aliphatic rings. The third kappa shape index (κ3) is 3.05. The minimum absolute atomic E-state index is 0.0378. The molecule has 2 aromatic rings. The molecule has 116 valence electrons. The number of rotatable bonds is 5. The van der Waals surface area contributed by atoms with Crippen molar-refractivity contribution in [3.8, 4) is 0 Å². The molecule has 0 saturated heterocycles. The molecule has 1 aliphatic carbocycles. The quantitative estimate of drug-likeness (QED) is 0.850. The number of hydrogen-bond acceptors (Lipinski definition) is 2. The molecule has 1 aromatic carbocycles. The van der Waals surface area contributed by atoms with Crippen LogP contribution in [-0.4, -0.2) is 29.4 Å². The van der Waals surface area contributed by atoms with Crippen LogP contribution in [0.25, 0.3) is 10.9 Å². The molecule has 0 amide bonds. The lowest BCUT2D eigenvalue weighted by atomic mass is 9.93. The van der Waals surface area contributed by atoms with Crippen molar-refractivity contribution in [1.82, 2.24) is 9.88 Å². The van der Waals surface area contributed by atoms with Crippen molar-refractivity contribution in [2.75, 3.05) is 13.6 Å². The number of nitrogens with zero attached hydrogens (tertiary/aromatic N) is 1. The van der Waals surface area contributed by atoms with Crippen LogP contribution in [0.4, 0.5) is 0 Å². The fourth-order valence-electron chi connectivity index (χ4n) is 3.16. The fourth-order valence-corrected chi connectivity index (χ4v) is 3.51. The second-order valence-corrected chi connectivity index (χ2v) is 6.62. The van der Waals surface area contributed by atoms with Crippen LogP contribution in [0.1, 0.15) is 18.9 Å². The first-order chi connectivity index (χ1) is 10.7. The molecule has 0 saturated carbocycles.